The molecular formula is C22H37Br2SiZr. The maximum atomic E-state index is 2.70. The standard InChI is InChI=1S/2C9H13.C4H11Si.2BrH.Zr/c2*1-6-5-7(2)9(4)8(6)3;1-3-5-4-2;;;/h2*5H,1-4H3;5H,3-4H2,1-2H3;2*1H;/q;;;;;+2/p-2. The molecule has 2 atom stereocenters. The molecule has 2 aliphatic rings. The monoisotopic (exact) mass is 577 g/mol. The van der Waals surface area contributed by atoms with Crippen molar-refractivity contribution in [3.8, 4) is 0 Å². The Kier molecular flexibility index (Phi) is 10.1. The molecule has 0 heterocycles. The predicted octanol–water partition coefficient (Wildman–Crippen LogP) is 1.33. The van der Waals surface area contributed by atoms with Crippen molar-refractivity contribution < 1.29 is 54.9 Å². The molecule has 2 unspecified atom stereocenters. The zero-order chi connectivity index (χ0) is 18.4. The Morgan fingerprint density at radius 3 is 1.23 bits per heavy atom. The molecule has 0 aromatic heterocycles. The van der Waals surface area contributed by atoms with Crippen LogP contribution in [0.5, 0.6) is 0 Å². The van der Waals surface area contributed by atoms with E-state index in [1.165, 1.54) is 12.1 Å². The first-order valence-corrected chi connectivity index (χ1v) is 18.6. The van der Waals surface area contributed by atoms with Gasteiger partial charge in [0.2, 0.25) is 0 Å². The summed E-state index contributed by atoms with van der Waals surface area (Å²) in [4.78, 5) is 0. The van der Waals surface area contributed by atoms with Crippen LogP contribution in [0.25, 0.3) is 0 Å². The van der Waals surface area contributed by atoms with Crippen LogP contribution >= 0.6 is 0 Å². The van der Waals surface area contributed by atoms with Crippen molar-refractivity contribution in [2.45, 2.75) is 87.6 Å². The Morgan fingerprint density at radius 1 is 0.731 bits per heavy atom. The molecule has 0 saturated carbocycles. The largest absolute Gasteiger partial charge is 1.00 e. The fourth-order valence-electron chi connectivity index (χ4n) is 5.31. The van der Waals surface area contributed by atoms with Crippen molar-refractivity contribution in [2.75, 3.05) is 0 Å². The van der Waals surface area contributed by atoms with Crippen molar-refractivity contribution >= 4 is 5.92 Å². The van der Waals surface area contributed by atoms with E-state index >= 15 is 0 Å². The van der Waals surface area contributed by atoms with Gasteiger partial charge in [-0.3, -0.25) is 0 Å². The molecule has 0 N–H and O–H groups in total. The van der Waals surface area contributed by atoms with Gasteiger partial charge < -0.3 is 34.0 Å². The molecule has 0 amide bonds. The number of halogens is 2. The molecular weight excluding hydrogens is 543 g/mol. The quantitative estimate of drug-likeness (QED) is 0.431. The molecule has 0 saturated heterocycles. The topological polar surface area (TPSA) is 0 Å². The molecule has 147 valence electrons. The van der Waals surface area contributed by atoms with E-state index in [1.807, 2.05) is 0 Å². The number of hydrogen-bond donors (Lipinski definition) is 0. The first-order chi connectivity index (χ1) is 11.0. The minimum atomic E-state index is -1.85. The molecule has 0 bridgehead atoms. The van der Waals surface area contributed by atoms with Crippen LogP contribution < -0.4 is 34.0 Å². The molecule has 0 spiro atoms. The third-order valence-corrected chi connectivity index (χ3v) is 37.4. The van der Waals surface area contributed by atoms with E-state index in [4.69, 9.17) is 0 Å². The fourth-order valence-corrected chi connectivity index (χ4v) is 37.9. The average molecular weight is 581 g/mol. The second-order valence-electron chi connectivity index (χ2n) is 8.49. The summed E-state index contributed by atoms with van der Waals surface area (Å²) in [7, 11) is 0. The Labute approximate surface area is 192 Å². The summed E-state index contributed by atoms with van der Waals surface area (Å²) in [5.41, 5.74) is 9.67. The second kappa shape index (κ2) is 9.68. The zero-order valence-corrected chi connectivity index (χ0v) is 25.2. The predicted molar refractivity (Wildman–Crippen MR) is 109 cm³/mol. The molecule has 4 heteroatoms. The van der Waals surface area contributed by atoms with Gasteiger partial charge in [0.05, 0.1) is 0 Å². The minimum absolute atomic E-state index is 0. The van der Waals surface area contributed by atoms with Crippen molar-refractivity contribution in [2.24, 2.45) is 0 Å². The maximum Gasteiger partial charge on any atom is -1.00 e. The Balaban J connectivity index is 0.00000312. The van der Waals surface area contributed by atoms with Crippen molar-refractivity contribution in [1.29, 1.82) is 0 Å². The smallest absolute Gasteiger partial charge is 1.00 e. The van der Waals surface area contributed by atoms with E-state index in [-0.39, 0.29) is 34.0 Å². The zero-order valence-electron chi connectivity index (χ0n) is 18.4. The molecule has 0 fully saturated rings. The van der Waals surface area contributed by atoms with E-state index < -0.39 is 26.8 Å². The van der Waals surface area contributed by atoms with E-state index in [0.29, 0.717) is 6.25 Å². The Hall–Kier alpha value is 1.02. The Bertz CT molecular complexity index is 618. The SMILES string of the molecule is CC[SiH](CC)[Zr+2]([C]1(C)C=C(C)C(C)=C1C)[C]1(C)C=C(C)C(C)=C1C.[Br-].[Br-]. The van der Waals surface area contributed by atoms with Crippen LogP contribution in [0.3, 0.4) is 0 Å². The number of rotatable bonds is 5. The summed E-state index contributed by atoms with van der Waals surface area (Å²) in [5, 5.41) is 0. The van der Waals surface area contributed by atoms with Crippen LogP contribution in [0, 0.1) is 0 Å². The molecule has 0 nitrogen and oxygen atoms in total. The molecule has 26 heavy (non-hydrogen) atoms. The summed E-state index contributed by atoms with van der Waals surface area (Å²) in [6.45, 7) is 24.5. The number of allylic oxidation sites excluding steroid dienone is 8. The molecule has 0 aromatic rings. The first kappa shape index (κ1) is 27.0. The first-order valence-electron chi connectivity index (χ1n) is 9.67. The van der Waals surface area contributed by atoms with Crippen LogP contribution in [0.2, 0.25) is 18.3 Å². The van der Waals surface area contributed by atoms with Crippen LogP contribution in [0.4, 0.5) is 0 Å². The summed E-state index contributed by atoms with van der Waals surface area (Å²) in [5.74, 6) is -0.695. The van der Waals surface area contributed by atoms with Gasteiger partial charge in [-0.2, -0.15) is 0 Å². The van der Waals surface area contributed by atoms with Crippen LogP contribution in [-0.2, 0) is 20.9 Å². The van der Waals surface area contributed by atoms with Gasteiger partial charge in [-0.05, 0) is 0 Å². The van der Waals surface area contributed by atoms with Crippen LogP contribution in [-0.4, -0.2) is 5.92 Å². The fraction of sp³-hybridized carbons (Fsp3) is 0.636. The van der Waals surface area contributed by atoms with Gasteiger partial charge in [-0.1, -0.05) is 0 Å². The van der Waals surface area contributed by atoms with Crippen molar-refractivity contribution in [3.63, 3.8) is 0 Å². The molecule has 0 aliphatic heterocycles. The molecule has 0 radical (unpaired) electrons. The maximum absolute atomic E-state index is 2.70. The second-order valence-corrected chi connectivity index (χ2v) is 28.1. The van der Waals surface area contributed by atoms with Gasteiger partial charge in [0, 0.05) is 0 Å². The normalized spacial score (nSPS) is 28.1. The minimum Gasteiger partial charge on any atom is -1.00 e. The Morgan fingerprint density at radius 2 is 1.04 bits per heavy atom. The van der Waals surface area contributed by atoms with E-state index in [1.54, 1.807) is 33.4 Å². The average Bonchev–Trinajstić information content (AvgIpc) is 2.85. The third-order valence-electron chi connectivity index (χ3n) is 7.39. The van der Waals surface area contributed by atoms with Crippen molar-refractivity contribution in [3.05, 3.63) is 45.6 Å². The summed E-state index contributed by atoms with van der Waals surface area (Å²) >= 11 is -1.85. The van der Waals surface area contributed by atoms with Crippen LogP contribution in [0.1, 0.15) is 69.2 Å². The van der Waals surface area contributed by atoms with Gasteiger partial charge in [-0.25, -0.2) is 0 Å². The van der Waals surface area contributed by atoms with Crippen molar-refractivity contribution in [1.82, 2.24) is 0 Å². The van der Waals surface area contributed by atoms with Crippen LogP contribution in [0.15, 0.2) is 45.6 Å². The molecule has 0 aromatic carbocycles. The summed E-state index contributed by atoms with van der Waals surface area (Å²) in [6.07, 6.45) is 5.40. The van der Waals surface area contributed by atoms with E-state index in [2.05, 4.69) is 81.4 Å². The van der Waals surface area contributed by atoms with Gasteiger partial charge in [0.1, 0.15) is 0 Å². The van der Waals surface area contributed by atoms with Gasteiger partial charge >= 0.3 is 160 Å². The van der Waals surface area contributed by atoms with E-state index in [0.717, 1.165) is 0 Å². The number of hydrogen-bond acceptors (Lipinski definition) is 0. The third kappa shape index (κ3) is 4.14. The molecule has 2 aliphatic carbocycles. The summed E-state index contributed by atoms with van der Waals surface area (Å²) < 4.78 is 0.827. The molecule has 2 rings (SSSR count). The van der Waals surface area contributed by atoms with Gasteiger partial charge in [0.25, 0.3) is 0 Å². The van der Waals surface area contributed by atoms with E-state index in [9.17, 15) is 0 Å². The summed E-state index contributed by atoms with van der Waals surface area (Å²) in [6, 6.07) is 2.96. The van der Waals surface area contributed by atoms with Gasteiger partial charge in [-0.15, -0.1) is 0 Å². The van der Waals surface area contributed by atoms with Gasteiger partial charge in [0.15, 0.2) is 0 Å².